The molecule has 0 bridgehead atoms. The second kappa shape index (κ2) is 13.8. The Morgan fingerprint density at radius 3 is 1.39 bits per heavy atom. The van der Waals surface area contributed by atoms with Crippen molar-refractivity contribution in [2.45, 2.75) is 38.5 Å². The molecule has 0 amide bonds. The summed E-state index contributed by atoms with van der Waals surface area (Å²) in [5.74, 6) is 1.00. The molecule has 2 N–H and O–H groups in total. The molecule has 11 heteroatoms. The quantitative estimate of drug-likeness (QED) is 0.279. The van der Waals surface area contributed by atoms with E-state index in [1.54, 1.807) is 0 Å². The van der Waals surface area contributed by atoms with Crippen LogP contribution in [-0.2, 0) is 10.8 Å². The topological polar surface area (TPSA) is 80.4 Å². The molecule has 0 aliphatic carbocycles. The van der Waals surface area contributed by atoms with E-state index in [4.69, 9.17) is 49.5 Å². The van der Waals surface area contributed by atoms with E-state index in [9.17, 15) is 0 Å². The first kappa shape index (κ1) is 28.2. The number of rotatable bonds is 2. The average molecular weight is 584 g/mol. The van der Waals surface area contributed by atoms with Gasteiger partial charge in [0.25, 0.3) is 0 Å². The molecule has 2 aliphatic heterocycles. The minimum absolute atomic E-state index is 0.502. The maximum atomic E-state index is 8.91. The van der Waals surface area contributed by atoms with Gasteiger partial charge in [0.2, 0.25) is 10.8 Å². The molecule has 2 aliphatic rings. The molecule has 6 nitrogen and oxygen atoms in total. The average Bonchev–Trinajstić information content (AvgIpc) is 3.47. The Morgan fingerprint density at radius 1 is 0.758 bits per heavy atom. The zero-order chi connectivity index (χ0) is 24.4. The van der Waals surface area contributed by atoms with Crippen molar-refractivity contribution < 1.29 is 10.8 Å². The van der Waals surface area contributed by atoms with Crippen LogP contribution in [0.15, 0.2) is 36.4 Å². The van der Waals surface area contributed by atoms with Crippen LogP contribution in [-0.4, -0.2) is 26.2 Å². The van der Waals surface area contributed by atoms with Gasteiger partial charge in [-0.2, -0.15) is 0 Å². The van der Waals surface area contributed by atoms with Crippen LogP contribution in [0.1, 0.15) is 46.9 Å². The fourth-order valence-electron chi connectivity index (χ4n) is 4.37. The number of halogens is 4. The number of aryl methyl sites for hydroxylation is 2. The Kier molecular flexibility index (Phi) is 11.8. The van der Waals surface area contributed by atoms with Gasteiger partial charge < -0.3 is 10.6 Å². The van der Waals surface area contributed by atoms with Gasteiger partial charge in [0, 0.05) is 37.1 Å². The summed E-state index contributed by atoms with van der Waals surface area (Å²) >= 11 is 0. The molecule has 0 spiro atoms. The van der Waals surface area contributed by atoms with E-state index >= 15 is 0 Å². The van der Waals surface area contributed by atoms with Gasteiger partial charge in [-0.1, -0.05) is 24.3 Å². The van der Waals surface area contributed by atoms with Crippen molar-refractivity contribution in [2.75, 3.05) is 26.2 Å². The fourth-order valence-corrected chi connectivity index (χ4v) is 4.37. The van der Waals surface area contributed by atoms with E-state index in [0.29, 0.717) is 11.8 Å². The molecular formula is C22H28Cl4N6Zn. The summed E-state index contributed by atoms with van der Waals surface area (Å²) in [6.07, 6.45) is 2.26. The molecule has 0 saturated carbocycles. The molecule has 2 heterocycles. The molecule has 33 heavy (non-hydrogen) atoms. The zero-order valence-corrected chi connectivity index (χ0v) is 24.9. The number of benzene rings is 2. The normalized spacial score (nSPS) is 19.4. The Labute approximate surface area is 214 Å². The number of nitrogens with zero attached hydrogens (tertiary/aromatic N) is 4. The van der Waals surface area contributed by atoms with Crippen LogP contribution in [0, 0.1) is 24.6 Å². The summed E-state index contributed by atoms with van der Waals surface area (Å²) in [5.41, 5.74) is 6.26. The van der Waals surface area contributed by atoms with E-state index in [0.717, 1.165) is 50.4 Å². The Balaban J connectivity index is 0.000000195. The van der Waals surface area contributed by atoms with Gasteiger partial charge in [-0.15, -0.1) is 0 Å². The Hall–Kier alpha value is -1.02. The number of nitrogens with one attached hydrogen (secondary N) is 2. The fraction of sp³-hybridized carbons (Fsp3) is 0.455. The standard InChI is InChI=1S/2C11H14N3.4ClH.Zn/c2*1-8-3-2-4-10(14-12)11(8)9-5-6-13-7-9;;;;;/h2*2-4,9,13H,5-7H2,1H3;4*1H;/q2*+1;;;;;+2/p-4. The van der Waals surface area contributed by atoms with Crippen LogP contribution in [0.4, 0.5) is 11.4 Å². The molecule has 2 aromatic carbocycles. The van der Waals surface area contributed by atoms with Gasteiger partial charge in [-0.3, -0.25) is 0 Å². The van der Waals surface area contributed by atoms with Gasteiger partial charge in [-0.05, 0) is 50.9 Å². The third-order valence-corrected chi connectivity index (χ3v) is 5.75. The van der Waals surface area contributed by atoms with Gasteiger partial charge >= 0.3 is 61.0 Å². The van der Waals surface area contributed by atoms with Crippen LogP contribution in [0.2, 0.25) is 0 Å². The molecule has 4 rings (SSSR count). The maximum absolute atomic E-state index is 8.91. The Bertz CT molecular complexity index is 922. The van der Waals surface area contributed by atoms with Crippen molar-refractivity contribution >= 4 is 50.1 Å². The summed E-state index contributed by atoms with van der Waals surface area (Å²) < 4.78 is 0. The SMILES string of the molecule is Cc1cccc([N+]#N)c1C1CCNC1.Cc1cccc([N+]#N)c1C1CCNC1.[Cl][Zn-2]([Cl])([Cl])[Cl]. The van der Waals surface area contributed by atoms with E-state index < -0.39 is 10.8 Å². The number of hydrogen-bond acceptors (Lipinski definition) is 4. The number of hydrogen-bond donors (Lipinski definition) is 2. The van der Waals surface area contributed by atoms with Crippen molar-refractivity contribution in [3.63, 3.8) is 0 Å². The Morgan fingerprint density at radius 2 is 1.12 bits per heavy atom. The van der Waals surface area contributed by atoms with E-state index in [2.05, 4.69) is 46.6 Å². The number of diazo groups is 2. The molecular weight excluding hydrogens is 555 g/mol. The summed E-state index contributed by atoms with van der Waals surface area (Å²) in [5, 5.41) is 24.5. The van der Waals surface area contributed by atoms with Crippen LogP contribution in [0.3, 0.4) is 0 Å². The van der Waals surface area contributed by atoms with Crippen LogP contribution in [0.5, 0.6) is 0 Å². The molecule has 2 fully saturated rings. The first-order valence-corrected chi connectivity index (χ1v) is 26.6. The molecule has 0 radical (unpaired) electrons. The predicted molar refractivity (Wildman–Crippen MR) is 136 cm³/mol. The second-order valence-corrected chi connectivity index (χ2v) is 35.9. The van der Waals surface area contributed by atoms with Gasteiger partial charge in [-0.25, -0.2) is 0 Å². The molecule has 2 aromatic rings. The third-order valence-electron chi connectivity index (χ3n) is 5.75. The summed E-state index contributed by atoms with van der Waals surface area (Å²) in [7, 11) is 16.8. The van der Waals surface area contributed by atoms with Crippen molar-refractivity contribution in [3.8, 4) is 0 Å². The van der Waals surface area contributed by atoms with Crippen molar-refractivity contribution in [2.24, 2.45) is 0 Å². The van der Waals surface area contributed by atoms with Gasteiger partial charge in [0.05, 0.1) is 11.1 Å². The van der Waals surface area contributed by atoms with Crippen molar-refractivity contribution in [1.29, 1.82) is 10.8 Å². The minimum atomic E-state index is -3.36. The molecule has 2 saturated heterocycles. The van der Waals surface area contributed by atoms with Crippen molar-refractivity contribution in [3.05, 3.63) is 68.6 Å². The predicted octanol–water partition coefficient (Wildman–Crippen LogP) is 7.87. The third kappa shape index (κ3) is 9.27. The van der Waals surface area contributed by atoms with Crippen molar-refractivity contribution in [1.82, 2.24) is 10.6 Å². The van der Waals surface area contributed by atoms with Gasteiger partial charge in [0.1, 0.15) is 0 Å². The van der Waals surface area contributed by atoms with Crippen LogP contribution >= 0.6 is 38.8 Å². The van der Waals surface area contributed by atoms with E-state index in [1.165, 1.54) is 22.3 Å². The van der Waals surface area contributed by atoms with Crippen LogP contribution < -0.4 is 10.6 Å². The van der Waals surface area contributed by atoms with E-state index in [1.807, 2.05) is 24.3 Å². The summed E-state index contributed by atoms with van der Waals surface area (Å²) in [6.45, 7) is 8.25. The summed E-state index contributed by atoms with van der Waals surface area (Å²) in [6, 6.07) is 11.7. The summed E-state index contributed by atoms with van der Waals surface area (Å²) in [4.78, 5) is 6.70. The molecule has 176 valence electrons. The van der Waals surface area contributed by atoms with Crippen LogP contribution in [0.25, 0.3) is 9.95 Å². The second-order valence-electron chi connectivity index (χ2n) is 8.20. The molecule has 2 unspecified atom stereocenters. The molecule has 2 atom stereocenters. The first-order chi connectivity index (χ1) is 15.7. The van der Waals surface area contributed by atoms with Gasteiger partial charge in [0.15, 0.2) is 9.95 Å². The zero-order valence-electron chi connectivity index (χ0n) is 18.9. The van der Waals surface area contributed by atoms with E-state index in [-0.39, 0.29) is 0 Å². The molecule has 0 aromatic heterocycles. The first-order valence-electron chi connectivity index (χ1n) is 11.0. The monoisotopic (exact) mass is 580 g/mol.